The van der Waals surface area contributed by atoms with E-state index in [2.05, 4.69) is 10.3 Å². The molecular weight excluding hydrogens is 477 g/mol. The molecule has 34 heavy (non-hydrogen) atoms. The Morgan fingerprint density at radius 2 is 1.62 bits per heavy atom. The summed E-state index contributed by atoms with van der Waals surface area (Å²) in [6, 6.07) is 14.0. The quantitative estimate of drug-likeness (QED) is 0.351. The van der Waals surface area contributed by atoms with Gasteiger partial charge in [0, 0.05) is 16.8 Å². The van der Waals surface area contributed by atoms with Gasteiger partial charge < -0.3 is 10.6 Å². The Morgan fingerprint density at radius 3 is 2.21 bits per heavy atom. The number of hydrogen-bond donors (Lipinski definition) is 2. The minimum Gasteiger partial charge on any atom is -0.362 e. The van der Waals surface area contributed by atoms with Crippen LogP contribution in [0.4, 0.5) is 33.5 Å². The number of aryl methyl sites for hydroxylation is 2. The van der Waals surface area contributed by atoms with Gasteiger partial charge in [-0.1, -0.05) is 48.0 Å². The van der Waals surface area contributed by atoms with Crippen LogP contribution in [0.5, 0.6) is 0 Å². The maximum absolute atomic E-state index is 13.4. The number of alkyl halides is 5. The van der Waals surface area contributed by atoms with Crippen LogP contribution in [-0.2, 0) is 4.79 Å². The number of hydrogen-bond acceptors (Lipinski definition) is 3. The topological polar surface area (TPSA) is 54.0 Å². The number of rotatable bonds is 6. The number of halogens is 6. The van der Waals surface area contributed by atoms with Crippen LogP contribution in [0.3, 0.4) is 0 Å². The Labute approximate surface area is 198 Å². The molecule has 1 aromatic heterocycles. The Hall–Kier alpha value is -3.20. The molecule has 1 amide bonds. The van der Waals surface area contributed by atoms with Gasteiger partial charge in [-0.05, 0) is 55.2 Å². The smallest absolute Gasteiger partial charge is 0.362 e. The number of anilines is 2. The molecule has 3 aromatic rings. The second kappa shape index (κ2) is 9.58. The van der Waals surface area contributed by atoms with Crippen LogP contribution in [0, 0.1) is 13.8 Å². The first-order valence-corrected chi connectivity index (χ1v) is 10.5. The van der Waals surface area contributed by atoms with Gasteiger partial charge in [-0.25, -0.2) is 4.98 Å². The highest BCUT2D eigenvalue weighted by Gasteiger charge is 2.63. The first kappa shape index (κ1) is 25.4. The van der Waals surface area contributed by atoms with Gasteiger partial charge in [-0.3, -0.25) is 4.79 Å². The third-order valence-electron chi connectivity index (χ3n) is 5.31. The summed E-state index contributed by atoms with van der Waals surface area (Å²) in [6.07, 6.45) is -4.67. The summed E-state index contributed by atoms with van der Waals surface area (Å²) < 4.78 is 64.6. The average molecular weight is 498 g/mol. The van der Waals surface area contributed by atoms with E-state index in [-0.39, 0.29) is 17.1 Å². The van der Waals surface area contributed by atoms with Crippen molar-refractivity contribution in [1.82, 2.24) is 4.98 Å². The average Bonchev–Trinajstić information content (AvgIpc) is 2.75. The van der Waals surface area contributed by atoms with Crippen LogP contribution in [-0.4, -0.2) is 23.0 Å². The molecule has 0 bridgehead atoms. The number of carbonyl (C=O) groups is 1. The third kappa shape index (κ3) is 5.14. The van der Waals surface area contributed by atoms with Crippen LogP contribution in [0.25, 0.3) is 11.1 Å². The number of nitrogens with one attached hydrogen (secondary N) is 2. The molecule has 1 atom stereocenters. The minimum absolute atomic E-state index is 0.0372. The van der Waals surface area contributed by atoms with E-state index in [0.717, 1.165) is 22.3 Å². The standard InChI is InChI=1S/C24H21ClF5N3O/c1-13-5-4-6-18(25)19(13)17-9-7-16(8-10-17)15(3)32-21-20(14(2)11-12-31-21)33-22(34)23(26,27)24(28,29)30/h4-12,15H,1-3H3,(H,31,32)(H,33,34). The largest absolute Gasteiger partial charge is 0.463 e. The van der Waals surface area contributed by atoms with Gasteiger partial charge in [0.25, 0.3) is 0 Å². The second-order valence-corrected chi connectivity index (χ2v) is 8.20. The van der Waals surface area contributed by atoms with E-state index in [0.29, 0.717) is 5.02 Å². The highest BCUT2D eigenvalue weighted by molar-refractivity contribution is 6.33. The van der Waals surface area contributed by atoms with Gasteiger partial charge in [0.15, 0.2) is 5.82 Å². The van der Waals surface area contributed by atoms with Crippen molar-refractivity contribution in [3.8, 4) is 11.1 Å². The number of carbonyl (C=O) groups excluding carboxylic acids is 1. The lowest BCUT2D eigenvalue weighted by Gasteiger charge is -2.22. The van der Waals surface area contributed by atoms with Crippen LogP contribution >= 0.6 is 11.6 Å². The van der Waals surface area contributed by atoms with Gasteiger partial charge >= 0.3 is 18.0 Å². The van der Waals surface area contributed by atoms with Gasteiger partial charge in [0.05, 0.1) is 11.7 Å². The highest BCUT2D eigenvalue weighted by atomic mass is 35.5. The number of amides is 1. The molecule has 0 aliphatic rings. The molecule has 2 aromatic carbocycles. The summed E-state index contributed by atoms with van der Waals surface area (Å²) in [5.41, 5.74) is 3.59. The molecule has 4 nitrogen and oxygen atoms in total. The zero-order valence-electron chi connectivity index (χ0n) is 18.4. The van der Waals surface area contributed by atoms with Crippen molar-refractivity contribution >= 4 is 29.0 Å². The Morgan fingerprint density at radius 1 is 0.971 bits per heavy atom. The van der Waals surface area contributed by atoms with E-state index in [1.54, 1.807) is 18.3 Å². The number of aromatic nitrogens is 1. The normalized spacial score (nSPS) is 12.9. The molecule has 0 aliphatic heterocycles. The fraction of sp³-hybridized carbons (Fsp3) is 0.250. The van der Waals surface area contributed by atoms with Gasteiger partial charge in [0.2, 0.25) is 0 Å². The summed E-state index contributed by atoms with van der Waals surface area (Å²) >= 11 is 6.33. The zero-order valence-corrected chi connectivity index (χ0v) is 19.2. The van der Waals surface area contributed by atoms with E-state index in [1.165, 1.54) is 19.2 Å². The molecule has 1 unspecified atom stereocenters. The monoisotopic (exact) mass is 497 g/mol. The first-order valence-electron chi connectivity index (χ1n) is 10.2. The van der Waals surface area contributed by atoms with Crippen molar-refractivity contribution in [2.24, 2.45) is 0 Å². The third-order valence-corrected chi connectivity index (χ3v) is 5.63. The fourth-order valence-electron chi connectivity index (χ4n) is 3.37. The molecular formula is C24H21ClF5N3O. The Kier molecular flexibility index (Phi) is 7.16. The fourth-order valence-corrected chi connectivity index (χ4v) is 3.70. The van der Waals surface area contributed by atoms with Crippen LogP contribution in [0.15, 0.2) is 54.7 Å². The number of benzene rings is 2. The lowest BCUT2D eigenvalue weighted by atomic mass is 9.98. The van der Waals surface area contributed by atoms with Crippen LogP contribution in [0.1, 0.15) is 29.7 Å². The molecule has 0 radical (unpaired) electrons. The van der Waals surface area contributed by atoms with Gasteiger partial charge in [-0.15, -0.1) is 0 Å². The summed E-state index contributed by atoms with van der Waals surface area (Å²) in [7, 11) is 0. The molecule has 3 rings (SSSR count). The zero-order chi connectivity index (χ0) is 25.3. The SMILES string of the molecule is Cc1ccnc(NC(C)c2ccc(-c3c(C)cccc3Cl)cc2)c1NC(=O)C(F)(F)C(F)(F)F. The molecule has 2 N–H and O–H groups in total. The van der Waals surface area contributed by atoms with E-state index in [1.807, 2.05) is 43.3 Å². The predicted molar refractivity (Wildman–Crippen MR) is 122 cm³/mol. The molecule has 180 valence electrons. The lowest BCUT2D eigenvalue weighted by Crippen LogP contribution is -2.47. The molecule has 0 fully saturated rings. The van der Waals surface area contributed by atoms with E-state index in [4.69, 9.17) is 11.6 Å². The van der Waals surface area contributed by atoms with Gasteiger partial charge in [-0.2, -0.15) is 22.0 Å². The van der Waals surface area contributed by atoms with E-state index in [9.17, 15) is 26.7 Å². The highest BCUT2D eigenvalue weighted by Crippen LogP contribution is 2.38. The number of pyridine rings is 1. The number of nitrogens with zero attached hydrogens (tertiary/aromatic N) is 1. The lowest BCUT2D eigenvalue weighted by molar-refractivity contribution is -0.267. The van der Waals surface area contributed by atoms with E-state index < -0.39 is 24.0 Å². The molecule has 0 saturated heterocycles. The Balaban J connectivity index is 1.84. The van der Waals surface area contributed by atoms with Crippen molar-refractivity contribution in [3.63, 3.8) is 0 Å². The van der Waals surface area contributed by atoms with Crippen molar-refractivity contribution in [2.45, 2.75) is 38.9 Å². The predicted octanol–water partition coefficient (Wildman–Crippen LogP) is 7.33. The maximum Gasteiger partial charge on any atom is 0.463 e. The molecule has 0 saturated carbocycles. The Bertz CT molecular complexity index is 1180. The minimum atomic E-state index is -6.02. The summed E-state index contributed by atoms with van der Waals surface area (Å²) in [5.74, 6) is -8.07. The summed E-state index contributed by atoms with van der Waals surface area (Å²) in [5, 5.41) is 5.25. The first-order chi connectivity index (χ1) is 15.8. The van der Waals surface area contributed by atoms with Crippen molar-refractivity contribution < 1.29 is 26.7 Å². The van der Waals surface area contributed by atoms with Crippen LogP contribution < -0.4 is 10.6 Å². The summed E-state index contributed by atoms with van der Waals surface area (Å²) in [4.78, 5) is 15.7. The van der Waals surface area contributed by atoms with Gasteiger partial charge in [0.1, 0.15) is 0 Å². The maximum atomic E-state index is 13.4. The molecule has 0 aliphatic carbocycles. The molecule has 1 heterocycles. The van der Waals surface area contributed by atoms with Crippen molar-refractivity contribution in [3.05, 3.63) is 76.4 Å². The van der Waals surface area contributed by atoms with Crippen molar-refractivity contribution in [1.29, 1.82) is 0 Å². The van der Waals surface area contributed by atoms with Crippen LogP contribution in [0.2, 0.25) is 5.02 Å². The molecule has 0 spiro atoms. The summed E-state index contributed by atoms with van der Waals surface area (Å²) in [6.45, 7) is 5.16. The van der Waals surface area contributed by atoms with E-state index >= 15 is 0 Å². The molecule has 10 heteroatoms. The van der Waals surface area contributed by atoms with Crippen molar-refractivity contribution in [2.75, 3.05) is 10.6 Å². The second-order valence-electron chi connectivity index (χ2n) is 7.80.